The SMILES string of the molecule is CN(C)C(=O)C(C#N)=C(O)c1ccccc1C(F)(F)F. The molecule has 0 aliphatic heterocycles. The molecule has 0 spiro atoms. The number of carbonyl (C=O) groups is 1. The number of nitrogens with zero attached hydrogens (tertiary/aromatic N) is 2. The minimum atomic E-state index is -4.70. The molecule has 0 bridgehead atoms. The number of alkyl halides is 3. The molecule has 1 rings (SSSR count). The monoisotopic (exact) mass is 284 g/mol. The zero-order valence-electron chi connectivity index (χ0n) is 10.7. The number of likely N-dealkylation sites (N-methyl/N-ethyl adjacent to an activating group) is 1. The van der Waals surface area contributed by atoms with Crippen LogP contribution in [0.15, 0.2) is 29.8 Å². The molecule has 0 saturated carbocycles. The van der Waals surface area contributed by atoms with Gasteiger partial charge in [-0.15, -0.1) is 0 Å². The Kier molecular flexibility index (Phi) is 4.40. The maximum absolute atomic E-state index is 12.8. The second-order valence-corrected chi connectivity index (χ2v) is 4.08. The van der Waals surface area contributed by atoms with Gasteiger partial charge in [0.15, 0.2) is 5.57 Å². The van der Waals surface area contributed by atoms with E-state index in [0.29, 0.717) is 0 Å². The number of halogens is 3. The van der Waals surface area contributed by atoms with Gasteiger partial charge in [0.1, 0.15) is 11.8 Å². The molecule has 0 atom stereocenters. The summed E-state index contributed by atoms with van der Waals surface area (Å²) in [7, 11) is 2.64. The number of rotatable bonds is 2. The van der Waals surface area contributed by atoms with Gasteiger partial charge in [-0.25, -0.2) is 0 Å². The van der Waals surface area contributed by atoms with Crippen LogP contribution in [0.2, 0.25) is 0 Å². The first kappa shape index (κ1) is 15.6. The highest BCUT2D eigenvalue weighted by Crippen LogP contribution is 2.35. The lowest BCUT2D eigenvalue weighted by atomic mass is 10.0. The Morgan fingerprint density at radius 2 is 1.85 bits per heavy atom. The normalized spacial score (nSPS) is 12.4. The summed E-state index contributed by atoms with van der Waals surface area (Å²) < 4.78 is 38.5. The zero-order chi connectivity index (χ0) is 15.5. The van der Waals surface area contributed by atoms with Crippen molar-refractivity contribution in [3.05, 3.63) is 41.0 Å². The fourth-order valence-electron chi connectivity index (χ4n) is 1.50. The maximum atomic E-state index is 12.8. The quantitative estimate of drug-likeness (QED) is 0.515. The summed E-state index contributed by atoms with van der Waals surface area (Å²) in [4.78, 5) is 12.6. The van der Waals surface area contributed by atoms with Gasteiger partial charge < -0.3 is 10.0 Å². The molecule has 1 aromatic rings. The lowest BCUT2D eigenvalue weighted by Crippen LogP contribution is -2.24. The molecule has 7 heteroatoms. The number of aliphatic hydroxyl groups is 1. The Morgan fingerprint density at radius 1 is 1.30 bits per heavy atom. The number of amides is 1. The highest BCUT2D eigenvalue weighted by molar-refractivity contribution is 6.03. The van der Waals surface area contributed by atoms with Crippen molar-refractivity contribution in [3.8, 4) is 6.07 Å². The van der Waals surface area contributed by atoms with Crippen molar-refractivity contribution in [2.45, 2.75) is 6.18 Å². The lowest BCUT2D eigenvalue weighted by molar-refractivity contribution is -0.138. The van der Waals surface area contributed by atoms with E-state index >= 15 is 0 Å². The van der Waals surface area contributed by atoms with E-state index < -0.39 is 34.5 Å². The molecule has 0 aliphatic rings. The van der Waals surface area contributed by atoms with E-state index in [0.717, 1.165) is 23.1 Å². The first-order valence-electron chi connectivity index (χ1n) is 5.41. The summed E-state index contributed by atoms with van der Waals surface area (Å²) in [6.45, 7) is 0. The van der Waals surface area contributed by atoms with Crippen molar-refractivity contribution in [2.24, 2.45) is 0 Å². The Balaban J connectivity index is 3.52. The molecular weight excluding hydrogens is 273 g/mol. The summed E-state index contributed by atoms with van der Waals surface area (Å²) in [5.41, 5.74) is -2.46. The Morgan fingerprint density at radius 3 is 2.30 bits per heavy atom. The third-order valence-electron chi connectivity index (χ3n) is 2.46. The first-order valence-corrected chi connectivity index (χ1v) is 5.41. The van der Waals surface area contributed by atoms with Gasteiger partial charge in [0, 0.05) is 19.7 Å². The Hall–Kier alpha value is -2.49. The Bertz CT molecular complexity index is 598. The van der Waals surface area contributed by atoms with Crippen LogP contribution in [0.4, 0.5) is 13.2 Å². The fraction of sp³-hybridized carbons (Fsp3) is 0.231. The second kappa shape index (κ2) is 5.65. The van der Waals surface area contributed by atoms with Gasteiger partial charge in [0.05, 0.1) is 5.56 Å². The summed E-state index contributed by atoms with van der Waals surface area (Å²) >= 11 is 0. The van der Waals surface area contributed by atoms with Crippen LogP contribution in [-0.2, 0) is 11.0 Å². The summed E-state index contributed by atoms with van der Waals surface area (Å²) in [5, 5.41) is 18.7. The van der Waals surface area contributed by atoms with Crippen molar-refractivity contribution < 1.29 is 23.1 Å². The first-order chi connectivity index (χ1) is 9.20. The van der Waals surface area contributed by atoms with Crippen LogP contribution in [0.5, 0.6) is 0 Å². The summed E-state index contributed by atoms with van der Waals surface area (Å²) in [6.07, 6.45) is -4.70. The topological polar surface area (TPSA) is 64.3 Å². The maximum Gasteiger partial charge on any atom is 0.417 e. The molecule has 1 aromatic carbocycles. The number of carbonyl (C=O) groups excluding carboxylic acids is 1. The number of hydrogen-bond donors (Lipinski definition) is 1. The fourth-order valence-corrected chi connectivity index (χ4v) is 1.50. The van der Waals surface area contributed by atoms with Gasteiger partial charge in [-0.2, -0.15) is 18.4 Å². The van der Waals surface area contributed by atoms with E-state index in [1.165, 1.54) is 26.2 Å². The third-order valence-corrected chi connectivity index (χ3v) is 2.46. The van der Waals surface area contributed by atoms with Crippen LogP contribution in [0.1, 0.15) is 11.1 Å². The van der Waals surface area contributed by atoms with Crippen LogP contribution in [0.3, 0.4) is 0 Å². The number of aliphatic hydroxyl groups excluding tert-OH is 1. The van der Waals surface area contributed by atoms with Gasteiger partial charge in [-0.1, -0.05) is 18.2 Å². The third kappa shape index (κ3) is 3.09. The number of hydrogen-bond acceptors (Lipinski definition) is 3. The van der Waals surface area contributed by atoms with E-state index in [9.17, 15) is 23.1 Å². The number of nitriles is 1. The van der Waals surface area contributed by atoms with Crippen molar-refractivity contribution in [2.75, 3.05) is 14.1 Å². The van der Waals surface area contributed by atoms with Crippen molar-refractivity contribution >= 4 is 11.7 Å². The van der Waals surface area contributed by atoms with Crippen LogP contribution in [0.25, 0.3) is 5.76 Å². The summed E-state index contributed by atoms with van der Waals surface area (Å²) in [6, 6.07) is 5.62. The second-order valence-electron chi connectivity index (χ2n) is 4.08. The predicted octanol–water partition coefficient (Wildman–Crippen LogP) is 2.59. The minimum Gasteiger partial charge on any atom is -0.506 e. The predicted molar refractivity (Wildman–Crippen MR) is 65.3 cm³/mol. The van der Waals surface area contributed by atoms with Gasteiger partial charge in [-0.05, 0) is 6.07 Å². The highest BCUT2D eigenvalue weighted by Gasteiger charge is 2.35. The molecule has 1 amide bonds. The molecule has 0 saturated heterocycles. The molecule has 106 valence electrons. The molecule has 0 aromatic heterocycles. The molecular formula is C13H11F3N2O2. The Labute approximate surface area is 113 Å². The van der Waals surface area contributed by atoms with Gasteiger partial charge >= 0.3 is 6.18 Å². The molecule has 20 heavy (non-hydrogen) atoms. The van der Waals surface area contributed by atoms with Crippen molar-refractivity contribution in [1.82, 2.24) is 4.90 Å². The molecule has 0 aliphatic carbocycles. The average molecular weight is 284 g/mol. The van der Waals surface area contributed by atoms with E-state index in [4.69, 9.17) is 5.26 Å². The van der Waals surface area contributed by atoms with Crippen LogP contribution in [0, 0.1) is 11.3 Å². The zero-order valence-corrected chi connectivity index (χ0v) is 10.7. The van der Waals surface area contributed by atoms with Gasteiger partial charge in [0.2, 0.25) is 0 Å². The average Bonchev–Trinajstić information content (AvgIpc) is 2.38. The van der Waals surface area contributed by atoms with Gasteiger partial charge in [0.25, 0.3) is 5.91 Å². The summed E-state index contributed by atoms with van der Waals surface area (Å²) in [5.74, 6) is -1.86. The molecule has 1 N–H and O–H groups in total. The largest absolute Gasteiger partial charge is 0.506 e. The minimum absolute atomic E-state index is 0.605. The standard InChI is InChI=1S/C13H11F3N2O2/c1-18(2)12(20)9(7-17)11(19)8-5-3-4-6-10(8)13(14,15)16/h3-6,19H,1-2H3. The van der Waals surface area contributed by atoms with E-state index in [1.807, 2.05) is 0 Å². The van der Waals surface area contributed by atoms with Crippen LogP contribution >= 0.6 is 0 Å². The van der Waals surface area contributed by atoms with Gasteiger partial charge in [-0.3, -0.25) is 4.79 Å². The number of benzene rings is 1. The molecule has 4 nitrogen and oxygen atoms in total. The van der Waals surface area contributed by atoms with Crippen LogP contribution < -0.4 is 0 Å². The highest BCUT2D eigenvalue weighted by atomic mass is 19.4. The van der Waals surface area contributed by atoms with Crippen molar-refractivity contribution in [3.63, 3.8) is 0 Å². The van der Waals surface area contributed by atoms with E-state index in [-0.39, 0.29) is 0 Å². The smallest absolute Gasteiger partial charge is 0.417 e. The van der Waals surface area contributed by atoms with E-state index in [2.05, 4.69) is 0 Å². The van der Waals surface area contributed by atoms with E-state index in [1.54, 1.807) is 0 Å². The van der Waals surface area contributed by atoms with Crippen molar-refractivity contribution in [1.29, 1.82) is 5.26 Å². The molecule has 0 radical (unpaired) electrons. The van der Waals surface area contributed by atoms with Crippen LogP contribution in [-0.4, -0.2) is 30.0 Å². The molecule has 0 heterocycles. The molecule has 0 unspecified atom stereocenters. The molecule has 0 fully saturated rings. The lowest BCUT2D eigenvalue weighted by Gasteiger charge is -2.14.